The zero-order valence-corrected chi connectivity index (χ0v) is 16.9. The lowest BCUT2D eigenvalue weighted by molar-refractivity contribution is -0.147. The van der Waals surface area contributed by atoms with Crippen LogP contribution in [-0.4, -0.2) is 36.4 Å². The molecule has 0 aromatic heterocycles. The second-order valence-corrected chi connectivity index (χ2v) is 7.34. The van der Waals surface area contributed by atoms with E-state index in [0.29, 0.717) is 0 Å². The number of nitrogens with one attached hydrogen (secondary N) is 1. The molecule has 0 aromatic carbocycles. The van der Waals surface area contributed by atoms with E-state index < -0.39 is 17.6 Å². The van der Waals surface area contributed by atoms with Crippen LogP contribution in [0, 0.1) is 0 Å². The van der Waals surface area contributed by atoms with Crippen LogP contribution in [0.1, 0.15) is 64.7 Å². The SMILES string of the molecule is CCCCCCCCC/C=C/C(=O)NC1CC2(C=CC(=O)C=C2OC)OC1=O. The van der Waals surface area contributed by atoms with Gasteiger partial charge in [-0.2, -0.15) is 0 Å². The minimum atomic E-state index is -1.11. The minimum absolute atomic E-state index is 0.201. The molecule has 1 aliphatic carbocycles. The summed E-state index contributed by atoms with van der Waals surface area (Å²) in [5.74, 6) is -0.796. The van der Waals surface area contributed by atoms with Crippen molar-refractivity contribution in [2.75, 3.05) is 7.11 Å². The highest BCUT2D eigenvalue weighted by Crippen LogP contribution is 2.37. The number of ketones is 1. The number of methoxy groups -OCH3 is 1. The molecule has 2 unspecified atom stereocenters. The van der Waals surface area contributed by atoms with Crippen LogP contribution < -0.4 is 5.32 Å². The van der Waals surface area contributed by atoms with Crippen molar-refractivity contribution in [3.63, 3.8) is 0 Å². The number of allylic oxidation sites excluding steroid dienone is 3. The van der Waals surface area contributed by atoms with E-state index in [0.717, 1.165) is 12.8 Å². The van der Waals surface area contributed by atoms with Crippen molar-refractivity contribution in [1.29, 1.82) is 0 Å². The van der Waals surface area contributed by atoms with Gasteiger partial charge < -0.3 is 14.8 Å². The molecule has 154 valence electrons. The first-order chi connectivity index (χ1) is 13.5. The van der Waals surface area contributed by atoms with E-state index in [2.05, 4.69) is 12.2 Å². The predicted molar refractivity (Wildman–Crippen MR) is 106 cm³/mol. The minimum Gasteiger partial charge on any atom is -0.496 e. The van der Waals surface area contributed by atoms with Gasteiger partial charge in [0.15, 0.2) is 11.4 Å². The molecule has 1 fully saturated rings. The largest absolute Gasteiger partial charge is 0.496 e. The van der Waals surface area contributed by atoms with E-state index in [1.54, 1.807) is 0 Å². The van der Waals surface area contributed by atoms with Crippen LogP contribution in [0.4, 0.5) is 0 Å². The van der Waals surface area contributed by atoms with Crippen molar-refractivity contribution >= 4 is 17.7 Å². The van der Waals surface area contributed by atoms with E-state index in [4.69, 9.17) is 9.47 Å². The van der Waals surface area contributed by atoms with Gasteiger partial charge in [0.25, 0.3) is 0 Å². The summed E-state index contributed by atoms with van der Waals surface area (Å²) in [6.07, 6.45) is 17.2. The Labute approximate surface area is 167 Å². The van der Waals surface area contributed by atoms with Crippen LogP contribution in [0.25, 0.3) is 0 Å². The van der Waals surface area contributed by atoms with E-state index in [1.807, 2.05) is 6.08 Å². The van der Waals surface area contributed by atoms with Crippen molar-refractivity contribution in [3.8, 4) is 0 Å². The summed E-state index contributed by atoms with van der Waals surface area (Å²) in [4.78, 5) is 35.8. The standard InChI is InChI=1S/C22H31NO5/c1-3-4-5-6-7-8-9-10-11-12-20(25)23-18-16-22(28-21(18)26)14-13-17(24)15-19(22)27-2/h11-15,18H,3-10,16H2,1-2H3,(H,23,25)/b12-11+. The zero-order valence-electron chi connectivity index (χ0n) is 16.9. The number of carbonyl (C=O) groups is 3. The van der Waals surface area contributed by atoms with Crippen molar-refractivity contribution in [2.24, 2.45) is 0 Å². The third-order valence-corrected chi connectivity index (χ3v) is 5.06. The molecule has 0 radical (unpaired) electrons. The number of hydrogen-bond donors (Lipinski definition) is 1. The number of amides is 1. The summed E-state index contributed by atoms with van der Waals surface area (Å²) in [5.41, 5.74) is -1.11. The molecule has 6 heteroatoms. The molecule has 1 aliphatic heterocycles. The molecule has 0 aromatic rings. The predicted octanol–water partition coefficient (Wildman–Crippen LogP) is 3.52. The molecule has 1 spiro atoms. The number of ether oxygens (including phenoxy) is 2. The van der Waals surface area contributed by atoms with Gasteiger partial charge in [-0.1, -0.05) is 51.5 Å². The molecule has 1 N–H and O–H groups in total. The topological polar surface area (TPSA) is 81.7 Å². The van der Waals surface area contributed by atoms with Crippen molar-refractivity contribution in [1.82, 2.24) is 5.32 Å². The summed E-state index contributed by atoms with van der Waals surface area (Å²) in [7, 11) is 1.42. The lowest BCUT2D eigenvalue weighted by atomic mass is 9.90. The van der Waals surface area contributed by atoms with E-state index in [1.165, 1.54) is 69.9 Å². The van der Waals surface area contributed by atoms with Crippen molar-refractivity contribution < 1.29 is 23.9 Å². The monoisotopic (exact) mass is 389 g/mol. The molecule has 2 atom stereocenters. The van der Waals surface area contributed by atoms with E-state index in [-0.39, 0.29) is 23.9 Å². The Hall–Kier alpha value is -2.37. The quantitative estimate of drug-likeness (QED) is 0.332. The Morgan fingerprint density at radius 2 is 1.96 bits per heavy atom. The van der Waals surface area contributed by atoms with Gasteiger partial charge in [-0.05, 0) is 31.1 Å². The van der Waals surface area contributed by atoms with Crippen LogP contribution in [-0.2, 0) is 23.9 Å². The van der Waals surface area contributed by atoms with Gasteiger partial charge in [0.2, 0.25) is 5.91 Å². The fourth-order valence-electron chi connectivity index (χ4n) is 3.50. The Morgan fingerprint density at radius 1 is 1.25 bits per heavy atom. The molecule has 0 bridgehead atoms. The summed E-state index contributed by atoms with van der Waals surface area (Å²) >= 11 is 0. The van der Waals surface area contributed by atoms with Crippen molar-refractivity contribution in [2.45, 2.75) is 76.4 Å². The fourth-order valence-corrected chi connectivity index (χ4v) is 3.50. The molecule has 2 aliphatic rings. The molecule has 1 heterocycles. The summed E-state index contributed by atoms with van der Waals surface area (Å²) in [5, 5.41) is 2.68. The lowest BCUT2D eigenvalue weighted by Crippen LogP contribution is -2.38. The number of carbonyl (C=O) groups excluding carboxylic acids is 3. The highest BCUT2D eigenvalue weighted by atomic mass is 16.6. The summed E-state index contributed by atoms with van der Waals surface area (Å²) in [6, 6.07) is -0.771. The molecule has 6 nitrogen and oxygen atoms in total. The maximum absolute atomic E-state index is 12.2. The molecule has 1 amide bonds. The first kappa shape index (κ1) is 21.9. The highest BCUT2D eigenvalue weighted by Gasteiger charge is 2.50. The third kappa shape index (κ3) is 6.08. The van der Waals surface area contributed by atoms with Crippen LogP contribution in [0.5, 0.6) is 0 Å². The van der Waals surface area contributed by atoms with Gasteiger partial charge in [0, 0.05) is 12.5 Å². The van der Waals surface area contributed by atoms with Gasteiger partial charge in [-0.25, -0.2) is 4.79 Å². The van der Waals surface area contributed by atoms with Gasteiger partial charge in [-0.3, -0.25) is 9.59 Å². The first-order valence-electron chi connectivity index (χ1n) is 10.2. The van der Waals surface area contributed by atoms with Gasteiger partial charge >= 0.3 is 5.97 Å². The maximum atomic E-state index is 12.2. The highest BCUT2D eigenvalue weighted by molar-refractivity contribution is 6.01. The zero-order chi connectivity index (χ0) is 20.4. The van der Waals surface area contributed by atoms with Crippen LogP contribution in [0.3, 0.4) is 0 Å². The molecule has 0 saturated carbocycles. The average molecular weight is 389 g/mol. The number of hydrogen-bond acceptors (Lipinski definition) is 5. The Balaban J connectivity index is 1.74. The summed E-state index contributed by atoms with van der Waals surface area (Å²) in [6.45, 7) is 2.21. The van der Waals surface area contributed by atoms with E-state index >= 15 is 0 Å². The van der Waals surface area contributed by atoms with Crippen LogP contribution >= 0.6 is 0 Å². The fraction of sp³-hybridized carbons (Fsp3) is 0.591. The van der Waals surface area contributed by atoms with Gasteiger partial charge in [0.05, 0.1) is 7.11 Å². The van der Waals surface area contributed by atoms with Gasteiger partial charge in [0.1, 0.15) is 11.8 Å². The first-order valence-corrected chi connectivity index (χ1v) is 10.2. The normalized spacial score (nSPS) is 23.9. The lowest BCUT2D eigenvalue weighted by Gasteiger charge is -2.27. The Morgan fingerprint density at radius 3 is 2.68 bits per heavy atom. The molecular formula is C22H31NO5. The van der Waals surface area contributed by atoms with Crippen LogP contribution in [0.15, 0.2) is 36.1 Å². The molecular weight excluding hydrogens is 358 g/mol. The third-order valence-electron chi connectivity index (χ3n) is 5.06. The summed E-state index contributed by atoms with van der Waals surface area (Å²) < 4.78 is 10.7. The second-order valence-electron chi connectivity index (χ2n) is 7.34. The number of unbranched alkanes of at least 4 members (excludes halogenated alkanes) is 7. The Bertz CT molecular complexity index is 664. The number of esters is 1. The number of rotatable bonds is 11. The Kier molecular flexibility index (Phi) is 8.48. The van der Waals surface area contributed by atoms with E-state index in [9.17, 15) is 14.4 Å². The van der Waals surface area contributed by atoms with Crippen LogP contribution in [0.2, 0.25) is 0 Å². The molecule has 1 saturated heterocycles. The second kappa shape index (κ2) is 10.8. The smallest absolute Gasteiger partial charge is 0.330 e. The van der Waals surface area contributed by atoms with Gasteiger partial charge in [-0.15, -0.1) is 0 Å². The average Bonchev–Trinajstić information content (AvgIpc) is 2.98. The molecule has 28 heavy (non-hydrogen) atoms. The van der Waals surface area contributed by atoms with Crippen molar-refractivity contribution in [3.05, 3.63) is 36.1 Å². The molecule has 2 rings (SSSR count). The maximum Gasteiger partial charge on any atom is 0.330 e.